The summed E-state index contributed by atoms with van der Waals surface area (Å²) < 4.78 is 36.2. The number of amides is 2. The molecule has 0 saturated heterocycles. The molecule has 2 N–H and O–H groups in total. The molecule has 0 bridgehead atoms. The SMILES string of the molecule is C=CCCNC(=O)N(CC(=O)O)CC(F)(F)F. The zero-order valence-electron chi connectivity index (χ0n) is 8.96. The number of aliphatic carboxylic acids is 1. The fourth-order valence-corrected chi connectivity index (χ4v) is 0.972. The van der Waals surface area contributed by atoms with Gasteiger partial charge in [-0.25, -0.2) is 4.79 Å². The topological polar surface area (TPSA) is 69.6 Å². The highest BCUT2D eigenvalue weighted by Crippen LogP contribution is 2.16. The highest BCUT2D eigenvalue weighted by molar-refractivity contribution is 5.80. The first kappa shape index (κ1) is 15.3. The predicted octanol–water partition coefficient (Wildman–Crippen LogP) is 1.22. The lowest BCUT2D eigenvalue weighted by Crippen LogP contribution is -2.47. The molecule has 0 radical (unpaired) electrons. The zero-order valence-corrected chi connectivity index (χ0v) is 8.96. The summed E-state index contributed by atoms with van der Waals surface area (Å²) in [5.74, 6) is -1.51. The van der Waals surface area contributed by atoms with Crippen LogP contribution < -0.4 is 5.32 Å². The Morgan fingerprint density at radius 2 is 2.00 bits per heavy atom. The molecule has 0 aromatic heterocycles. The summed E-state index contributed by atoms with van der Waals surface area (Å²) in [7, 11) is 0. The van der Waals surface area contributed by atoms with Crippen molar-refractivity contribution in [1.29, 1.82) is 0 Å². The van der Waals surface area contributed by atoms with Crippen molar-refractivity contribution in [3.63, 3.8) is 0 Å². The number of urea groups is 1. The molecule has 98 valence electrons. The number of hydrogen-bond donors (Lipinski definition) is 2. The number of carbonyl (C=O) groups is 2. The Morgan fingerprint density at radius 1 is 1.41 bits per heavy atom. The highest BCUT2D eigenvalue weighted by Gasteiger charge is 2.33. The summed E-state index contributed by atoms with van der Waals surface area (Å²) in [4.78, 5) is 21.8. The van der Waals surface area contributed by atoms with Gasteiger partial charge in [0, 0.05) is 6.54 Å². The molecule has 8 heteroatoms. The van der Waals surface area contributed by atoms with Crippen molar-refractivity contribution in [2.75, 3.05) is 19.6 Å². The van der Waals surface area contributed by atoms with Crippen molar-refractivity contribution in [1.82, 2.24) is 10.2 Å². The lowest BCUT2D eigenvalue weighted by molar-refractivity contribution is -0.148. The van der Waals surface area contributed by atoms with Crippen LogP contribution in [0.5, 0.6) is 0 Å². The molecule has 0 atom stereocenters. The van der Waals surface area contributed by atoms with Crippen LogP contribution in [0.4, 0.5) is 18.0 Å². The van der Waals surface area contributed by atoms with Gasteiger partial charge in [-0.3, -0.25) is 4.79 Å². The van der Waals surface area contributed by atoms with E-state index in [4.69, 9.17) is 5.11 Å². The quantitative estimate of drug-likeness (QED) is 0.553. The third-order valence-electron chi connectivity index (χ3n) is 1.61. The van der Waals surface area contributed by atoms with E-state index in [1.54, 1.807) is 0 Å². The molecule has 0 aliphatic rings. The molecule has 17 heavy (non-hydrogen) atoms. The molecule has 0 saturated carbocycles. The van der Waals surface area contributed by atoms with Crippen molar-refractivity contribution < 1.29 is 27.9 Å². The van der Waals surface area contributed by atoms with Crippen molar-refractivity contribution in [3.8, 4) is 0 Å². The normalized spacial score (nSPS) is 10.8. The van der Waals surface area contributed by atoms with Crippen LogP contribution in [0.2, 0.25) is 0 Å². The summed E-state index contributed by atoms with van der Waals surface area (Å²) in [6.45, 7) is 0.880. The first-order valence-corrected chi connectivity index (χ1v) is 4.68. The average molecular weight is 254 g/mol. The smallest absolute Gasteiger partial charge is 0.406 e. The molecular weight excluding hydrogens is 241 g/mol. The zero-order chi connectivity index (χ0) is 13.5. The van der Waals surface area contributed by atoms with Gasteiger partial charge in [0.2, 0.25) is 0 Å². The Morgan fingerprint density at radius 3 is 2.41 bits per heavy atom. The Hall–Kier alpha value is -1.73. The third kappa shape index (κ3) is 8.12. The van der Waals surface area contributed by atoms with Crippen molar-refractivity contribution >= 4 is 12.0 Å². The molecule has 0 aromatic carbocycles. The number of nitrogens with zero attached hydrogens (tertiary/aromatic N) is 1. The predicted molar refractivity (Wildman–Crippen MR) is 53.5 cm³/mol. The maximum absolute atomic E-state index is 12.1. The maximum atomic E-state index is 12.1. The van der Waals surface area contributed by atoms with E-state index in [0.29, 0.717) is 6.42 Å². The molecule has 0 fully saturated rings. The van der Waals surface area contributed by atoms with Crippen LogP contribution in [-0.2, 0) is 4.79 Å². The van der Waals surface area contributed by atoms with E-state index in [2.05, 4.69) is 11.9 Å². The van der Waals surface area contributed by atoms with Gasteiger partial charge >= 0.3 is 18.2 Å². The summed E-state index contributed by atoms with van der Waals surface area (Å²) in [5.41, 5.74) is 0. The van der Waals surface area contributed by atoms with E-state index in [-0.39, 0.29) is 11.4 Å². The number of carboxylic acid groups (broad SMARTS) is 1. The van der Waals surface area contributed by atoms with Crippen LogP contribution in [-0.4, -0.2) is 47.8 Å². The first-order valence-electron chi connectivity index (χ1n) is 4.68. The van der Waals surface area contributed by atoms with Gasteiger partial charge < -0.3 is 15.3 Å². The molecule has 2 amide bonds. The molecule has 0 rings (SSSR count). The Bertz CT molecular complexity index is 292. The van der Waals surface area contributed by atoms with Gasteiger partial charge in [0.1, 0.15) is 13.1 Å². The molecule has 0 heterocycles. The fourth-order valence-electron chi connectivity index (χ4n) is 0.972. The van der Waals surface area contributed by atoms with Gasteiger partial charge in [-0.15, -0.1) is 6.58 Å². The van der Waals surface area contributed by atoms with E-state index in [1.807, 2.05) is 0 Å². The number of nitrogens with one attached hydrogen (secondary N) is 1. The van der Waals surface area contributed by atoms with E-state index in [1.165, 1.54) is 6.08 Å². The Kier molecular flexibility index (Phi) is 6.08. The number of hydrogen-bond acceptors (Lipinski definition) is 2. The molecule has 0 aliphatic heterocycles. The van der Waals surface area contributed by atoms with Gasteiger partial charge in [0.25, 0.3) is 0 Å². The summed E-state index contributed by atoms with van der Waals surface area (Å²) >= 11 is 0. The number of rotatable bonds is 6. The molecule has 0 aromatic rings. The molecule has 5 nitrogen and oxygen atoms in total. The van der Waals surface area contributed by atoms with E-state index in [0.717, 1.165) is 0 Å². The van der Waals surface area contributed by atoms with E-state index in [9.17, 15) is 22.8 Å². The standard InChI is InChI=1S/C9H13F3N2O3/c1-2-3-4-13-8(17)14(5-7(15)16)6-9(10,11)12/h2H,1,3-6H2,(H,13,17)(H,15,16). The molecule has 0 aliphatic carbocycles. The average Bonchev–Trinajstić information content (AvgIpc) is 2.14. The van der Waals surface area contributed by atoms with Gasteiger partial charge in [-0.05, 0) is 6.42 Å². The number of carboxylic acids is 1. The van der Waals surface area contributed by atoms with Crippen molar-refractivity contribution in [2.24, 2.45) is 0 Å². The molecular formula is C9H13F3N2O3. The second-order valence-electron chi connectivity index (χ2n) is 3.17. The van der Waals surface area contributed by atoms with E-state index < -0.39 is 31.3 Å². The van der Waals surface area contributed by atoms with Crippen molar-refractivity contribution in [3.05, 3.63) is 12.7 Å². The largest absolute Gasteiger partial charge is 0.480 e. The first-order chi connectivity index (χ1) is 7.76. The van der Waals surface area contributed by atoms with Crippen LogP contribution in [0, 0.1) is 0 Å². The number of halogens is 3. The Balaban J connectivity index is 4.39. The highest BCUT2D eigenvalue weighted by atomic mass is 19.4. The van der Waals surface area contributed by atoms with Crippen LogP contribution in [0.25, 0.3) is 0 Å². The Labute approximate surface area is 95.9 Å². The van der Waals surface area contributed by atoms with Crippen LogP contribution in [0.3, 0.4) is 0 Å². The molecule has 0 spiro atoms. The summed E-state index contributed by atoms with van der Waals surface area (Å²) in [5, 5.41) is 10.6. The summed E-state index contributed by atoms with van der Waals surface area (Å²) in [6.07, 6.45) is -2.77. The lowest BCUT2D eigenvalue weighted by atomic mass is 10.4. The minimum atomic E-state index is -4.63. The summed E-state index contributed by atoms with van der Waals surface area (Å²) in [6, 6.07) is -1.06. The van der Waals surface area contributed by atoms with Gasteiger partial charge in [-0.1, -0.05) is 6.08 Å². The minimum absolute atomic E-state index is 0.107. The third-order valence-corrected chi connectivity index (χ3v) is 1.61. The van der Waals surface area contributed by atoms with Gasteiger partial charge in [0.05, 0.1) is 0 Å². The molecule has 0 unspecified atom stereocenters. The van der Waals surface area contributed by atoms with Crippen LogP contribution in [0.1, 0.15) is 6.42 Å². The minimum Gasteiger partial charge on any atom is -0.480 e. The van der Waals surface area contributed by atoms with Gasteiger partial charge in [0.15, 0.2) is 0 Å². The van der Waals surface area contributed by atoms with Crippen LogP contribution in [0.15, 0.2) is 12.7 Å². The number of alkyl halides is 3. The number of carbonyl (C=O) groups excluding carboxylic acids is 1. The monoisotopic (exact) mass is 254 g/mol. The second kappa shape index (κ2) is 6.77. The van der Waals surface area contributed by atoms with Gasteiger partial charge in [-0.2, -0.15) is 13.2 Å². The maximum Gasteiger partial charge on any atom is 0.406 e. The van der Waals surface area contributed by atoms with Crippen molar-refractivity contribution in [2.45, 2.75) is 12.6 Å². The van der Waals surface area contributed by atoms with E-state index >= 15 is 0 Å². The fraction of sp³-hybridized carbons (Fsp3) is 0.556. The van der Waals surface area contributed by atoms with Crippen LogP contribution >= 0.6 is 0 Å². The second-order valence-corrected chi connectivity index (χ2v) is 3.17. The lowest BCUT2D eigenvalue weighted by Gasteiger charge is -2.22.